The lowest BCUT2D eigenvalue weighted by Crippen LogP contribution is -2.34. The van der Waals surface area contributed by atoms with Gasteiger partial charge in [-0.15, -0.1) is 23.1 Å². The molecule has 7 heteroatoms. The fourth-order valence-electron chi connectivity index (χ4n) is 1.27. The Morgan fingerprint density at radius 2 is 2.21 bits per heavy atom. The van der Waals surface area contributed by atoms with E-state index in [1.54, 1.807) is 14.0 Å². The van der Waals surface area contributed by atoms with Crippen LogP contribution in [0.15, 0.2) is 12.1 Å². The van der Waals surface area contributed by atoms with Crippen molar-refractivity contribution in [1.82, 2.24) is 4.90 Å². The van der Waals surface area contributed by atoms with E-state index in [1.165, 1.54) is 28.0 Å². The van der Waals surface area contributed by atoms with Gasteiger partial charge >= 0.3 is 5.97 Å². The lowest BCUT2D eigenvalue weighted by Gasteiger charge is -2.15. The lowest BCUT2D eigenvalue weighted by atomic mass is 10.5. The third kappa shape index (κ3) is 6.31. The molecule has 0 N–H and O–H groups in total. The third-order valence-electron chi connectivity index (χ3n) is 2.20. The summed E-state index contributed by atoms with van der Waals surface area (Å²) in [5.74, 6) is 0.621. The van der Waals surface area contributed by atoms with Crippen molar-refractivity contribution >= 4 is 46.6 Å². The number of nitrogens with zero attached hydrogens (tertiary/aromatic N) is 1. The highest BCUT2D eigenvalue weighted by atomic mass is 35.5. The van der Waals surface area contributed by atoms with Crippen LogP contribution in [-0.4, -0.2) is 42.7 Å². The van der Waals surface area contributed by atoms with Gasteiger partial charge in [-0.25, -0.2) is 0 Å². The topological polar surface area (TPSA) is 46.6 Å². The molecule has 0 radical (unpaired) electrons. The van der Waals surface area contributed by atoms with Gasteiger partial charge in [-0.2, -0.15) is 0 Å². The van der Waals surface area contributed by atoms with E-state index in [4.69, 9.17) is 16.3 Å². The number of carbonyl (C=O) groups is 2. The van der Waals surface area contributed by atoms with Crippen LogP contribution in [0.4, 0.5) is 0 Å². The largest absolute Gasteiger partial charge is 0.465 e. The maximum Gasteiger partial charge on any atom is 0.325 e. The number of thioether (sulfide) groups is 1. The van der Waals surface area contributed by atoms with Crippen molar-refractivity contribution < 1.29 is 14.3 Å². The van der Waals surface area contributed by atoms with Gasteiger partial charge in [0.1, 0.15) is 6.54 Å². The molecule has 0 bridgehead atoms. The number of esters is 1. The van der Waals surface area contributed by atoms with Gasteiger partial charge in [0, 0.05) is 17.7 Å². The lowest BCUT2D eigenvalue weighted by molar-refractivity contribution is -0.147. The molecule has 106 valence electrons. The minimum atomic E-state index is -0.381. The maximum absolute atomic E-state index is 11.8. The quantitative estimate of drug-likeness (QED) is 0.724. The van der Waals surface area contributed by atoms with Crippen LogP contribution in [0.25, 0.3) is 0 Å². The van der Waals surface area contributed by atoms with Crippen molar-refractivity contribution in [3.8, 4) is 0 Å². The van der Waals surface area contributed by atoms with Crippen molar-refractivity contribution in [2.75, 3.05) is 26.0 Å². The molecule has 0 aliphatic rings. The number of hydrogen-bond acceptors (Lipinski definition) is 5. The molecule has 0 fully saturated rings. The summed E-state index contributed by atoms with van der Waals surface area (Å²) >= 11 is 8.84. The van der Waals surface area contributed by atoms with Gasteiger partial charge < -0.3 is 9.64 Å². The van der Waals surface area contributed by atoms with Gasteiger partial charge in [-0.05, 0) is 19.1 Å². The monoisotopic (exact) mass is 321 g/mol. The Kier molecular flexibility index (Phi) is 7.27. The van der Waals surface area contributed by atoms with Crippen LogP contribution < -0.4 is 0 Å². The summed E-state index contributed by atoms with van der Waals surface area (Å²) in [5.41, 5.74) is 0. The second-order valence-corrected chi connectivity index (χ2v) is 6.54. The average Bonchev–Trinajstić information content (AvgIpc) is 2.75. The number of likely N-dealkylation sites (N-methyl/N-ethyl adjacent to an activating group) is 1. The molecule has 1 aromatic heterocycles. The molecule has 19 heavy (non-hydrogen) atoms. The smallest absolute Gasteiger partial charge is 0.325 e. The molecule has 0 aliphatic carbocycles. The average molecular weight is 322 g/mol. The normalized spacial score (nSPS) is 10.3. The molecule has 0 saturated carbocycles. The molecule has 0 saturated heterocycles. The molecule has 0 unspecified atom stereocenters. The van der Waals surface area contributed by atoms with E-state index >= 15 is 0 Å². The van der Waals surface area contributed by atoms with Crippen LogP contribution >= 0.6 is 34.7 Å². The van der Waals surface area contributed by atoms with Crippen LogP contribution in [0.3, 0.4) is 0 Å². The van der Waals surface area contributed by atoms with Crippen molar-refractivity contribution in [3.63, 3.8) is 0 Å². The first-order valence-corrected chi connectivity index (χ1v) is 8.09. The third-order valence-corrected chi connectivity index (χ3v) is 4.58. The molecular formula is C12H16ClNO3S2. The molecule has 4 nitrogen and oxygen atoms in total. The van der Waals surface area contributed by atoms with E-state index in [-0.39, 0.29) is 18.4 Å². The van der Waals surface area contributed by atoms with Crippen LogP contribution in [0.5, 0.6) is 0 Å². The summed E-state index contributed by atoms with van der Waals surface area (Å²) in [7, 11) is 1.60. The summed E-state index contributed by atoms with van der Waals surface area (Å²) in [5, 5.41) is 0. The van der Waals surface area contributed by atoms with Gasteiger partial charge in [0.2, 0.25) is 5.91 Å². The van der Waals surface area contributed by atoms with Crippen LogP contribution in [0.2, 0.25) is 4.34 Å². The number of ether oxygens (including phenoxy) is 1. The summed E-state index contributed by atoms with van der Waals surface area (Å²) in [6, 6.07) is 3.80. The maximum atomic E-state index is 11.8. The van der Waals surface area contributed by atoms with Crippen LogP contribution in [-0.2, 0) is 20.1 Å². The highest BCUT2D eigenvalue weighted by molar-refractivity contribution is 7.99. The number of halogens is 1. The van der Waals surface area contributed by atoms with Crippen molar-refractivity contribution in [2.45, 2.75) is 12.7 Å². The highest BCUT2D eigenvalue weighted by Gasteiger charge is 2.13. The van der Waals surface area contributed by atoms with E-state index < -0.39 is 0 Å². The fraction of sp³-hybridized carbons (Fsp3) is 0.500. The number of amides is 1. The van der Waals surface area contributed by atoms with Gasteiger partial charge in [0.25, 0.3) is 0 Å². The van der Waals surface area contributed by atoms with Gasteiger partial charge in [0.05, 0.1) is 16.7 Å². The summed E-state index contributed by atoms with van der Waals surface area (Å²) in [6.45, 7) is 2.06. The Bertz CT molecular complexity index is 436. The molecule has 0 spiro atoms. The fourth-order valence-corrected chi connectivity index (χ4v) is 3.43. The first-order chi connectivity index (χ1) is 9.02. The van der Waals surface area contributed by atoms with E-state index in [2.05, 4.69) is 0 Å². The second-order valence-electron chi connectivity index (χ2n) is 3.75. The molecule has 1 aromatic rings. The Hall–Kier alpha value is -0.720. The number of carbonyl (C=O) groups excluding carboxylic acids is 2. The number of thiophene rings is 1. The van der Waals surface area contributed by atoms with Crippen LogP contribution in [0.1, 0.15) is 11.8 Å². The first kappa shape index (κ1) is 16.3. The van der Waals surface area contributed by atoms with Gasteiger partial charge in [-0.1, -0.05) is 11.6 Å². The summed E-state index contributed by atoms with van der Waals surface area (Å²) < 4.78 is 5.54. The zero-order valence-electron chi connectivity index (χ0n) is 10.8. The highest BCUT2D eigenvalue weighted by Crippen LogP contribution is 2.25. The van der Waals surface area contributed by atoms with Gasteiger partial charge in [-0.3, -0.25) is 9.59 Å². The number of hydrogen-bond donors (Lipinski definition) is 0. The zero-order chi connectivity index (χ0) is 14.3. The van der Waals surface area contributed by atoms with Crippen molar-refractivity contribution in [3.05, 3.63) is 21.3 Å². The van der Waals surface area contributed by atoms with Crippen LogP contribution in [0, 0.1) is 0 Å². The molecular weight excluding hydrogens is 306 g/mol. The van der Waals surface area contributed by atoms with Crippen molar-refractivity contribution in [2.24, 2.45) is 0 Å². The van der Waals surface area contributed by atoms with E-state index in [9.17, 15) is 9.59 Å². The Morgan fingerprint density at radius 1 is 1.47 bits per heavy atom. The SMILES string of the molecule is CCOC(=O)CN(C)C(=O)CSCc1ccc(Cl)s1. The molecule has 1 rings (SSSR count). The Labute approximate surface area is 126 Å². The Morgan fingerprint density at radius 3 is 2.79 bits per heavy atom. The standard InChI is InChI=1S/C12H16ClNO3S2/c1-3-17-12(16)6-14(2)11(15)8-18-7-9-4-5-10(13)19-9/h4-5H,3,6-8H2,1-2H3. The van der Waals surface area contributed by atoms with Gasteiger partial charge in [0.15, 0.2) is 0 Å². The molecule has 0 aromatic carbocycles. The first-order valence-electron chi connectivity index (χ1n) is 5.74. The number of rotatable bonds is 7. The predicted molar refractivity (Wildman–Crippen MR) is 79.8 cm³/mol. The van der Waals surface area contributed by atoms with E-state index in [0.717, 1.165) is 15.0 Å². The zero-order valence-corrected chi connectivity index (χ0v) is 13.2. The minimum absolute atomic E-state index is 0.00192. The molecule has 0 aliphatic heterocycles. The van der Waals surface area contributed by atoms with E-state index in [1.807, 2.05) is 12.1 Å². The minimum Gasteiger partial charge on any atom is -0.465 e. The summed E-state index contributed by atoms with van der Waals surface area (Å²) in [4.78, 5) is 25.5. The predicted octanol–water partition coefficient (Wildman–Crippen LogP) is 2.66. The summed E-state index contributed by atoms with van der Waals surface area (Å²) in [6.07, 6.45) is 0. The van der Waals surface area contributed by atoms with E-state index in [0.29, 0.717) is 12.4 Å². The molecule has 1 heterocycles. The second kappa shape index (κ2) is 8.45. The molecule has 0 atom stereocenters. The molecule has 1 amide bonds. The van der Waals surface area contributed by atoms with Crippen molar-refractivity contribution in [1.29, 1.82) is 0 Å². The Balaban J connectivity index is 2.24.